The van der Waals surface area contributed by atoms with Crippen LogP contribution in [0.25, 0.3) is 0 Å². The second kappa shape index (κ2) is 4.90. The van der Waals surface area contributed by atoms with E-state index >= 15 is 0 Å². The summed E-state index contributed by atoms with van der Waals surface area (Å²) >= 11 is 0.904. The highest BCUT2D eigenvalue weighted by molar-refractivity contribution is 7.99. The first kappa shape index (κ1) is 7.75. The summed E-state index contributed by atoms with van der Waals surface area (Å²) in [5, 5.41) is 0. The number of alkyl halides is 1. The van der Waals surface area contributed by atoms with Gasteiger partial charge in [0, 0.05) is 0 Å². The fraction of sp³-hybridized carbons (Fsp3) is 0.750. The molecule has 1 unspecified atom stereocenters. The second-order valence-electron chi connectivity index (χ2n) is 1.06. The number of hydrogen-bond donors (Lipinski definition) is 0. The van der Waals surface area contributed by atoms with E-state index in [-0.39, 0.29) is 5.94 Å². The maximum atomic E-state index is 11.8. The van der Waals surface area contributed by atoms with E-state index in [1.807, 2.05) is 0 Å². The topological polar surface area (TPSA) is 26.3 Å². The summed E-state index contributed by atoms with van der Waals surface area (Å²) in [5.74, 6) is 0.0428. The van der Waals surface area contributed by atoms with Gasteiger partial charge in [-0.2, -0.15) is 0 Å². The SMILES string of the molecule is CC(F)SCO[C]=O. The van der Waals surface area contributed by atoms with Crippen LogP contribution >= 0.6 is 11.8 Å². The van der Waals surface area contributed by atoms with Gasteiger partial charge in [0.1, 0.15) is 11.4 Å². The van der Waals surface area contributed by atoms with Crippen LogP contribution in [0.4, 0.5) is 4.39 Å². The van der Waals surface area contributed by atoms with Crippen molar-refractivity contribution in [2.24, 2.45) is 0 Å². The fourth-order valence-electron chi connectivity index (χ4n) is 0.152. The average molecular weight is 137 g/mol. The van der Waals surface area contributed by atoms with Gasteiger partial charge in [0.2, 0.25) is 0 Å². The van der Waals surface area contributed by atoms with Crippen LogP contribution in [0.15, 0.2) is 0 Å². The molecule has 0 saturated heterocycles. The summed E-state index contributed by atoms with van der Waals surface area (Å²) in [4.78, 5) is 9.30. The van der Waals surface area contributed by atoms with Crippen LogP contribution in [-0.4, -0.2) is 17.9 Å². The van der Waals surface area contributed by atoms with Gasteiger partial charge in [0.15, 0.2) is 0 Å². The summed E-state index contributed by atoms with van der Waals surface area (Å²) in [6.45, 7) is 2.56. The van der Waals surface area contributed by atoms with Crippen molar-refractivity contribution in [3.05, 3.63) is 0 Å². The number of hydrogen-bond acceptors (Lipinski definition) is 3. The van der Waals surface area contributed by atoms with Crippen LogP contribution in [0.1, 0.15) is 6.92 Å². The van der Waals surface area contributed by atoms with Crippen LogP contribution < -0.4 is 0 Å². The molecule has 0 fully saturated rings. The molecule has 0 aromatic heterocycles. The molecule has 8 heavy (non-hydrogen) atoms. The van der Waals surface area contributed by atoms with Gasteiger partial charge in [0.05, 0.1) is 0 Å². The number of ether oxygens (including phenoxy) is 1. The minimum absolute atomic E-state index is 0.0428. The molecule has 4 heteroatoms. The van der Waals surface area contributed by atoms with Gasteiger partial charge in [-0.25, -0.2) is 9.18 Å². The van der Waals surface area contributed by atoms with Crippen LogP contribution in [0, 0.1) is 0 Å². The predicted octanol–water partition coefficient (Wildman–Crippen LogP) is 1.08. The summed E-state index contributed by atoms with van der Waals surface area (Å²) in [5.41, 5.74) is -0.983. The largest absolute Gasteiger partial charge is 0.446 e. The second-order valence-corrected chi connectivity index (χ2v) is 2.27. The monoisotopic (exact) mass is 137 g/mol. The first-order valence-corrected chi connectivity index (χ1v) is 3.07. The molecule has 0 aliphatic heterocycles. The lowest BCUT2D eigenvalue weighted by molar-refractivity contribution is 0.334. The molecular weight excluding hydrogens is 131 g/mol. The third-order valence-electron chi connectivity index (χ3n) is 0.416. The normalized spacial score (nSPS) is 12.8. The maximum absolute atomic E-state index is 11.8. The Kier molecular flexibility index (Phi) is 4.75. The van der Waals surface area contributed by atoms with Crippen molar-refractivity contribution in [2.75, 3.05) is 5.94 Å². The van der Waals surface area contributed by atoms with E-state index in [9.17, 15) is 9.18 Å². The van der Waals surface area contributed by atoms with Gasteiger partial charge in [-0.05, 0) is 6.92 Å². The van der Waals surface area contributed by atoms with Gasteiger partial charge < -0.3 is 4.74 Å². The van der Waals surface area contributed by atoms with E-state index in [1.165, 1.54) is 13.4 Å². The average Bonchev–Trinajstić information content (AvgIpc) is 1.66. The van der Waals surface area contributed by atoms with Crippen molar-refractivity contribution in [3.8, 4) is 0 Å². The van der Waals surface area contributed by atoms with Gasteiger partial charge >= 0.3 is 6.47 Å². The Labute approximate surface area is 51.4 Å². The molecule has 0 rings (SSSR count). The molecule has 0 aliphatic carbocycles. The Morgan fingerprint density at radius 3 is 3.00 bits per heavy atom. The molecule has 0 aromatic rings. The van der Waals surface area contributed by atoms with E-state index < -0.39 is 5.50 Å². The molecule has 0 N–H and O–H groups in total. The van der Waals surface area contributed by atoms with Crippen LogP contribution in [0.5, 0.6) is 0 Å². The molecule has 0 saturated carbocycles. The first-order chi connectivity index (χ1) is 3.77. The molecule has 0 heterocycles. The van der Waals surface area contributed by atoms with Crippen molar-refractivity contribution in [2.45, 2.75) is 12.4 Å². The van der Waals surface area contributed by atoms with Crippen LogP contribution in [0.3, 0.4) is 0 Å². The Hall–Kier alpha value is -0.250. The van der Waals surface area contributed by atoms with Crippen molar-refractivity contribution >= 4 is 18.2 Å². The van der Waals surface area contributed by atoms with Crippen molar-refractivity contribution < 1.29 is 13.9 Å². The van der Waals surface area contributed by atoms with Crippen molar-refractivity contribution in [1.29, 1.82) is 0 Å². The third-order valence-corrected chi connectivity index (χ3v) is 1.13. The zero-order valence-electron chi connectivity index (χ0n) is 4.39. The predicted molar refractivity (Wildman–Crippen MR) is 29.8 cm³/mol. The number of carbonyl (C=O) groups excluding carboxylic acids is 1. The zero-order chi connectivity index (χ0) is 6.41. The van der Waals surface area contributed by atoms with E-state index in [0.29, 0.717) is 0 Å². The molecule has 0 amide bonds. The highest BCUT2D eigenvalue weighted by Crippen LogP contribution is 2.09. The smallest absolute Gasteiger partial charge is 0.418 e. The molecule has 47 valence electrons. The molecular formula is C4H6FO2S. The molecule has 0 bridgehead atoms. The molecule has 0 aliphatic rings. The zero-order valence-corrected chi connectivity index (χ0v) is 5.20. The lowest BCUT2D eigenvalue weighted by atomic mass is 10.9. The van der Waals surface area contributed by atoms with E-state index in [2.05, 4.69) is 4.74 Å². The fourth-order valence-corrected chi connectivity index (χ4v) is 0.456. The minimum atomic E-state index is -0.983. The maximum Gasteiger partial charge on any atom is 0.418 e. The molecule has 2 nitrogen and oxygen atoms in total. The number of thioether (sulfide) groups is 1. The summed E-state index contributed by atoms with van der Waals surface area (Å²) in [6, 6.07) is 0. The third kappa shape index (κ3) is 5.75. The van der Waals surface area contributed by atoms with Crippen LogP contribution in [-0.2, 0) is 9.53 Å². The Balaban J connectivity index is 2.81. The van der Waals surface area contributed by atoms with Crippen LogP contribution in [0.2, 0.25) is 0 Å². The van der Waals surface area contributed by atoms with Gasteiger partial charge in [-0.15, -0.1) is 0 Å². The molecule has 1 atom stereocenters. The Morgan fingerprint density at radius 2 is 2.62 bits per heavy atom. The van der Waals surface area contributed by atoms with Crippen molar-refractivity contribution in [3.63, 3.8) is 0 Å². The lowest BCUT2D eigenvalue weighted by Gasteiger charge is -1.96. The lowest BCUT2D eigenvalue weighted by Crippen LogP contribution is -1.90. The Bertz CT molecular complexity index is 67.1. The van der Waals surface area contributed by atoms with E-state index in [0.717, 1.165) is 11.8 Å². The molecule has 1 radical (unpaired) electrons. The molecule has 0 spiro atoms. The number of rotatable bonds is 4. The van der Waals surface area contributed by atoms with E-state index in [4.69, 9.17) is 0 Å². The summed E-state index contributed by atoms with van der Waals surface area (Å²) in [6.07, 6.45) is 0. The van der Waals surface area contributed by atoms with Crippen molar-refractivity contribution in [1.82, 2.24) is 0 Å². The first-order valence-electron chi connectivity index (χ1n) is 2.02. The van der Waals surface area contributed by atoms with Gasteiger partial charge in [-0.1, -0.05) is 11.8 Å². The highest BCUT2D eigenvalue weighted by Gasteiger charge is 1.95. The Morgan fingerprint density at radius 1 is 2.00 bits per heavy atom. The van der Waals surface area contributed by atoms with Gasteiger partial charge in [-0.3, -0.25) is 0 Å². The molecule has 0 aromatic carbocycles. The number of halogens is 1. The summed E-state index contributed by atoms with van der Waals surface area (Å²) < 4.78 is 15.8. The quantitative estimate of drug-likeness (QED) is 0.428. The summed E-state index contributed by atoms with van der Waals surface area (Å²) in [7, 11) is 0. The highest BCUT2D eigenvalue weighted by atomic mass is 32.2. The minimum Gasteiger partial charge on any atom is -0.446 e. The van der Waals surface area contributed by atoms with Gasteiger partial charge in [0.25, 0.3) is 0 Å². The van der Waals surface area contributed by atoms with E-state index in [1.54, 1.807) is 0 Å². The standard InChI is InChI=1S/C4H6FO2S/c1-4(5)8-3-7-2-6/h4H,3H2,1H3.